The lowest BCUT2D eigenvalue weighted by molar-refractivity contribution is -0.149. The van der Waals surface area contributed by atoms with Crippen LogP contribution < -0.4 is 4.90 Å². The number of piperazine rings is 1. The van der Waals surface area contributed by atoms with Crippen molar-refractivity contribution in [1.29, 1.82) is 0 Å². The van der Waals surface area contributed by atoms with Crippen LogP contribution in [0.2, 0.25) is 5.02 Å². The summed E-state index contributed by atoms with van der Waals surface area (Å²) in [5.74, 6) is 1.01. The molecule has 2 aliphatic heterocycles. The third-order valence-corrected chi connectivity index (χ3v) is 9.56. The van der Waals surface area contributed by atoms with E-state index in [1.807, 2.05) is 29.0 Å². The molecule has 1 aromatic carbocycles. The van der Waals surface area contributed by atoms with E-state index >= 15 is 0 Å². The number of aryl methyl sites for hydroxylation is 1. The number of benzene rings is 1. The minimum atomic E-state index is 0.00909. The van der Waals surface area contributed by atoms with Gasteiger partial charge in [0, 0.05) is 72.8 Å². The van der Waals surface area contributed by atoms with E-state index in [0.717, 1.165) is 65.0 Å². The number of hydrogen-bond donors (Lipinski definition) is 1. The van der Waals surface area contributed by atoms with Gasteiger partial charge in [0.25, 0.3) is 0 Å². The van der Waals surface area contributed by atoms with E-state index < -0.39 is 0 Å². The average Bonchev–Trinajstić information content (AvgIpc) is 3.42. The third-order valence-electron chi connectivity index (χ3n) is 9.08. The Kier molecular flexibility index (Phi) is 6.06. The smallest absolute Gasteiger partial charge is 0.245 e. The fraction of sp³-hybridized carbons (Fsp3) is 0.517. The maximum Gasteiger partial charge on any atom is 0.245 e. The number of anilines is 1. The van der Waals surface area contributed by atoms with E-state index in [1.54, 1.807) is 6.92 Å². The van der Waals surface area contributed by atoms with Gasteiger partial charge in [-0.05, 0) is 58.2 Å². The number of nitrogens with zero attached hydrogens (tertiary/aromatic N) is 6. The number of halogens is 1. The topological polar surface area (TPSA) is 90.4 Å². The molecule has 1 N–H and O–H groups in total. The van der Waals surface area contributed by atoms with Gasteiger partial charge >= 0.3 is 0 Å². The van der Waals surface area contributed by atoms with E-state index in [1.165, 1.54) is 6.08 Å². The molecule has 2 amide bonds. The Balaban J connectivity index is 1.43. The first-order valence-corrected chi connectivity index (χ1v) is 14.1. The molecule has 3 fully saturated rings. The van der Waals surface area contributed by atoms with Crippen LogP contribution in [0.25, 0.3) is 22.0 Å². The fourth-order valence-electron chi connectivity index (χ4n) is 7.19. The number of hydrogen-bond acceptors (Lipinski definition) is 5. The number of fused-ring (bicyclic) bond motifs is 1. The van der Waals surface area contributed by atoms with Gasteiger partial charge in [0.1, 0.15) is 0 Å². The van der Waals surface area contributed by atoms with Crippen LogP contribution in [0.5, 0.6) is 0 Å². The number of amides is 2. The van der Waals surface area contributed by atoms with Crippen LogP contribution in [0.3, 0.4) is 0 Å². The Bertz CT molecular complexity index is 1480. The highest BCUT2D eigenvalue weighted by Crippen LogP contribution is 2.55. The number of aromatic nitrogens is 4. The van der Waals surface area contributed by atoms with Gasteiger partial charge in [-0.15, -0.1) is 0 Å². The Hall–Kier alpha value is -3.33. The molecule has 0 unspecified atom stereocenters. The van der Waals surface area contributed by atoms with Gasteiger partial charge in [0.2, 0.25) is 11.8 Å². The number of H-pyrrole nitrogens is 1. The molecule has 1 saturated carbocycles. The summed E-state index contributed by atoms with van der Waals surface area (Å²) < 4.78 is 2.19. The van der Waals surface area contributed by atoms with Crippen molar-refractivity contribution in [2.75, 3.05) is 31.1 Å². The van der Waals surface area contributed by atoms with Crippen molar-refractivity contribution in [2.24, 2.45) is 5.41 Å². The van der Waals surface area contributed by atoms with Crippen molar-refractivity contribution in [3.63, 3.8) is 0 Å². The highest BCUT2D eigenvalue weighted by Gasteiger charge is 2.54. The van der Waals surface area contributed by atoms with Crippen molar-refractivity contribution in [2.45, 2.75) is 65.6 Å². The Morgan fingerprint density at radius 3 is 2.41 bits per heavy atom. The Morgan fingerprint density at radius 2 is 1.79 bits per heavy atom. The van der Waals surface area contributed by atoms with E-state index in [2.05, 4.69) is 47.1 Å². The van der Waals surface area contributed by atoms with Gasteiger partial charge in [-0.1, -0.05) is 18.2 Å². The maximum atomic E-state index is 12.2. The molecule has 1 aliphatic carbocycles. The first-order valence-electron chi connectivity index (χ1n) is 13.7. The Labute approximate surface area is 233 Å². The molecule has 4 heterocycles. The number of likely N-dealkylation sites (tertiary alicyclic amines) is 1. The Morgan fingerprint density at radius 1 is 1.13 bits per heavy atom. The van der Waals surface area contributed by atoms with Gasteiger partial charge in [0.05, 0.1) is 22.8 Å². The highest BCUT2D eigenvalue weighted by atomic mass is 35.5. The van der Waals surface area contributed by atoms with Crippen LogP contribution in [0.1, 0.15) is 50.9 Å². The van der Waals surface area contributed by atoms with Crippen LogP contribution in [-0.2, 0) is 9.59 Å². The maximum absolute atomic E-state index is 12.2. The van der Waals surface area contributed by atoms with Crippen molar-refractivity contribution in [3.8, 4) is 11.1 Å². The molecular weight excluding hydrogens is 514 g/mol. The zero-order chi connectivity index (χ0) is 27.8. The SMILES string of the molecule is C=CC(=O)N1CC2(CC(n3nc(N4[C@H](C)CN(C(C)=O)C[C@@H]4C)c(-c4c(Cl)c(C)cc5[nH]ncc45)c3C)C2)C1. The molecule has 2 atom stereocenters. The summed E-state index contributed by atoms with van der Waals surface area (Å²) in [7, 11) is 0. The molecule has 2 aromatic heterocycles. The molecule has 39 heavy (non-hydrogen) atoms. The van der Waals surface area contributed by atoms with Crippen LogP contribution in [0, 0.1) is 19.3 Å². The third kappa shape index (κ3) is 3.96. The first-order chi connectivity index (χ1) is 18.5. The van der Waals surface area contributed by atoms with E-state index in [4.69, 9.17) is 16.7 Å². The van der Waals surface area contributed by atoms with Crippen molar-refractivity contribution < 1.29 is 9.59 Å². The van der Waals surface area contributed by atoms with Gasteiger partial charge in [-0.2, -0.15) is 10.2 Å². The fourth-order valence-corrected chi connectivity index (χ4v) is 7.45. The first kappa shape index (κ1) is 25.9. The lowest BCUT2D eigenvalue weighted by Gasteiger charge is -2.58. The standard InChI is InChI=1S/C29H36ClN7O2/c1-7-24(39)35-14-29(15-35)9-21(10-29)37-19(5)25(26-22-11-31-32-23(22)8-16(2)27(26)30)28(33-37)36-17(3)12-34(20(6)38)13-18(36)4/h7-8,11,17-18,21H,1,9-10,12-15H2,2-6H3,(H,31,32)/t17-,18+. The summed E-state index contributed by atoms with van der Waals surface area (Å²) in [5, 5.41) is 14.4. The molecule has 1 spiro atoms. The second kappa shape index (κ2) is 9.11. The zero-order valence-electron chi connectivity index (χ0n) is 23.3. The van der Waals surface area contributed by atoms with Crippen LogP contribution in [0.15, 0.2) is 24.9 Å². The minimum absolute atomic E-state index is 0.00909. The number of rotatable bonds is 4. The van der Waals surface area contributed by atoms with Crippen LogP contribution >= 0.6 is 11.6 Å². The summed E-state index contributed by atoms with van der Waals surface area (Å²) in [4.78, 5) is 30.4. The van der Waals surface area contributed by atoms with E-state index in [0.29, 0.717) is 18.1 Å². The molecule has 0 radical (unpaired) electrons. The molecule has 3 aromatic rings. The molecule has 3 aliphatic rings. The van der Waals surface area contributed by atoms with E-state index in [-0.39, 0.29) is 35.4 Å². The van der Waals surface area contributed by atoms with Crippen LogP contribution in [-0.4, -0.2) is 79.9 Å². The molecule has 6 rings (SSSR count). The average molecular weight is 550 g/mol. The molecule has 9 nitrogen and oxygen atoms in total. The van der Waals surface area contributed by atoms with Crippen LogP contribution in [0.4, 0.5) is 5.82 Å². The number of carbonyl (C=O) groups is 2. The minimum Gasteiger partial charge on any atom is -0.346 e. The van der Waals surface area contributed by atoms with Gasteiger partial charge in [0.15, 0.2) is 5.82 Å². The summed E-state index contributed by atoms with van der Waals surface area (Å²) in [6.45, 7) is 16.6. The highest BCUT2D eigenvalue weighted by molar-refractivity contribution is 6.36. The van der Waals surface area contributed by atoms with E-state index in [9.17, 15) is 9.59 Å². The van der Waals surface area contributed by atoms with Crippen molar-refractivity contribution in [1.82, 2.24) is 29.8 Å². The summed E-state index contributed by atoms with van der Waals surface area (Å²) >= 11 is 7.06. The zero-order valence-corrected chi connectivity index (χ0v) is 24.0. The molecule has 10 heteroatoms. The van der Waals surface area contributed by atoms with Crippen molar-refractivity contribution >= 4 is 40.1 Å². The second-order valence-electron chi connectivity index (χ2n) is 11.9. The predicted octanol–water partition coefficient (Wildman–Crippen LogP) is 4.49. The quantitative estimate of drug-likeness (QED) is 0.484. The lowest BCUT2D eigenvalue weighted by atomic mass is 9.60. The van der Waals surface area contributed by atoms with Gasteiger partial charge < -0.3 is 14.7 Å². The molecule has 2 saturated heterocycles. The monoisotopic (exact) mass is 549 g/mol. The van der Waals surface area contributed by atoms with Gasteiger partial charge in [-0.3, -0.25) is 19.4 Å². The molecule has 206 valence electrons. The number of nitrogens with one attached hydrogen (secondary N) is 1. The molecular formula is C29H36ClN7O2. The normalized spacial score (nSPS) is 22.8. The number of aromatic amines is 1. The largest absolute Gasteiger partial charge is 0.346 e. The summed E-state index contributed by atoms with van der Waals surface area (Å²) in [6, 6.07) is 2.46. The summed E-state index contributed by atoms with van der Waals surface area (Å²) in [5.41, 5.74) is 5.15. The molecule has 0 bridgehead atoms. The van der Waals surface area contributed by atoms with Gasteiger partial charge in [-0.25, -0.2) is 0 Å². The van der Waals surface area contributed by atoms with Crippen molar-refractivity contribution in [3.05, 3.63) is 41.2 Å². The number of carbonyl (C=O) groups excluding carboxylic acids is 2. The lowest BCUT2D eigenvalue weighted by Crippen LogP contribution is -2.63. The second-order valence-corrected chi connectivity index (χ2v) is 12.3. The predicted molar refractivity (Wildman–Crippen MR) is 153 cm³/mol. The summed E-state index contributed by atoms with van der Waals surface area (Å²) in [6.07, 6.45) is 5.22.